The molecule has 0 spiro atoms. The largest absolute Gasteiger partial charge is 0.494 e. The topological polar surface area (TPSA) is 64.3 Å². The highest BCUT2D eigenvalue weighted by atomic mass is 35.5. The van der Waals surface area contributed by atoms with Gasteiger partial charge in [0.15, 0.2) is 0 Å². The third kappa shape index (κ3) is 5.06. The number of nitrogens with one attached hydrogen (secondary N) is 1. The second kappa shape index (κ2) is 7.92. The van der Waals surface area contributed by atoms with E-state index in [4.69, 9.17) is 10.5 Å². The van der Waals surface area contributed by atoms with Crippen molar-refractivity contribution in [3.63, 3.8) is 0 Å². The van der Waals surface area contributed by atoms with Crippen molar-refractivity contribution in [2.75, 3.05) is 6.61 Å². The number of hydrogen-bond donors (Lipinski definition) is 2. The Morgan fingerprint density at radius 1 is 1.47 bits per heavy atom. The molecule has 0 fully saturated rings. The van der Waals surface area contributed by atoms with E-state index < -0.39 is 6.04 Å². The summed E-state index contributed by atoms with van der Waals surface area (Å²) in [6, 6.07) is 7.14. The van der Waals surface area contributed by atoms with E-state index in [0.29, 0.717) is 13.2 Å². The van der Waals surface area contributed by atoms with Gasteiger partial charge >= 0.3 is 0 Å². The van der Waals surface area contributed by atoms with E-state index in [1.54, 1.807) is 6.92 Å². The van der Waals surface area contributed by atoms with Crippen LogP contribution in [-0.4, -0.2) is 18.6 Å². The number of nitrogens with two attached hydrogens (primary N) is 1. The van der Waals surface area contributed by atoms with Crippen molar-refractivity contribution >= 4 is 18.3 Å². The maximum atomic E-state index is 11.3. The third-order valence-corrected chi connectivity index (χ3v) is 2.14. The molecule has 0 aliphatic heterocycles. The zero-order valence-electron chi connectivity index (χ0n) is 10.1. The minimum absolute atomic E-state index is 0. The molecule has 1 amide bonds. The highest BCUT2D eigenvalue weighted by Gasteiger charge is 2.08. The Labute approximate surface area is 108 Å². The van der Waals surface area contributed by atoms with Crippen LogP contribution in [-0.2, 0) is 11.3 Å². The number of carbonyl (C=O) groups excluding carboxylic acids is 1. The molecule has 4 nitrogen and oxygen atoms in total. The zero-order valence-corrected chi connectivity index (χ0v) is 10.9. The van der Waals surface area contributed by atoms with Gasteiger partial charge in [0.25, 0.3) is 0 Å². The lowest BCUT2D eigenvalue weighted by molar-refractivity contribution is -0.122. The SMILES string of the molecule is CCOc1ccccc1CNC(=O)[C@@H](C)N.Cl. The van der Waals surface area contributed by atoms with Crippen LogP contribution in [0.15, 0.2) is 24.3 Å². The Morgan fingerprint density at radius 3 is 2.71 bits per heavy atom. The fourth-order valence-electron chi connectivity index (χ4n) is 1.29. The first-order chi connectivity index (χ1) is 7.65. The van der Waals surface area contributed by atoms with Gasteiger partial charge in [0, 0.05) is 12.1 Å². The summed E-state index contributed by atoms with van der Waals surface area (Å²) < 4.78 is 5.45. The molecule has 0 radical (unpaired) electrons. The predicted octanol–water partition coefficient (Wildman–Crippen LogP) is 1.47. The van der Waals surface area contributed by atoms with E-state index in [-0.39, 0.29) is 18.3 Å². The van der Waals surface area contributed by atoms with Gasteiger partial charge in [0.05, 0.1) is 12.6 Å². The van der Waals surface area contributed by atoms with Crippen LogP contribution in [0.5, 0.6) is 5.75 Å². The van der Waals surface area contributed by atoms with E-state index in [2.05, 4.69) is 5.32 Å². The van der Waals surface area contributed by atoms with Crippen molar-refractivity contribution in [1.82, 2.24) is 5.32 Å². The molecular formula is C12H19ClN2O2. The van der Waals surface area contributed by atoms with Gasteiger partial charge < -0.3 is 15.8 Å². The van der Waals surface area contributed by atoms with Gasteiger partial charge in [-0.05, 0) is 19.9 Å². The van der Waals surface area contributed by atoms with E-state index in [9.17, 15) is 4.79 Å². The van der Waals surface area contributed by atoms with Crippen LogP contribution in [0.2, 0.25) is 0 Å². The Bertz CT molecular complexity index is 356. The van der Waals surface area contributed by atoms with Gasteiger partial charge in [0.2, 0.25) is 5.91 Å². The second-order valence-electron chi connectivity index (χ2n) is 3.55. The highest BCUT2D eigenvalue weighted by Crippen LogP contribution is 2.17. The summed E-state index contributed by atoms with van der Waals surface area (Å²) >= 11 is 0. The van der Waals surface area contributed by atoms with Crippen LogP contribution in [0, 0.1) is 0 Å². The molecule has 1 rings (SSSR count). The molecule has 0 unspecified atom stereocenters. The van der Waals surface area contributed by atoms with Crippen LogP contribution >= 0.6 is 12.4 Å². The summed E-state index contributed by atoms with van der Waals surface area (Å²) in [5, 5.41) is 2.75. The van der Waals surface area contributed by atoms with E-state index in [1.165, 1.54) is 0 Å². The summed E-state index contributed by atoms with van der Waals surface area (Å²) in [5.74, 6) is 0.640. The van der Waals surface area contributed by atoms with Crippen molar-refractivity contribution in [2.45, 2.75) is 26.4 Å². The molecule has 0 saturated heterocycles. The first-order valence-electron chi connectivity index (χ1n) is 5.39. The molecule has 1 aromatic carbocycles. The second-order valence-corrected chi connectivity index (χ2v) is 3.55. The number of benzene rings is 1. The molecule has 0 aliphatic rings. The van der Waals surface area contributed by atoms with Crippen LogP contribution < -0.4 is 15.8 Å². The van der Waals surface area contributed by atoms with Crippen LogP contribution in [0.4, 0.5) is 0 Å². The Hall–Kier alpha value is -1.26. The summed E-state index contributed by atoms with van der Waals surface area (Å²) in [6.45, 7) is 4.63. The molecular weight excluding hydrogens is 240 g/mol. The van der Waals surface area contributed by atoms with Crippen molar-refractivity contribution < 1.29 is 9.53 Å². The van der Waals surface area contributed by atoms with Gasteiger partial charge in [-0.15, -0.1) is 12.4 Å². The van der Waals surface area contributed by atoms with Gasteiger partial charge in [-0.25, -0.2) is 0 Å². The third-order valence-electron chi connectivity index (χ3n) is 2.14. The molecule has 0 aliphatic carbocycles. The fraction of sp³-hybridized carbons (Fsp3) is 0.417. The van der Waals surface area contributed by atoms with Crippen molar-refractivity contribution in [3.05, 3.63) is 29.8 Å². The molecule has 17 heavy (non-hydrogen) atoms. The number of carbonyl (C=O) groups is 1. The van der Waals surface area contributed by atoms with Gasteiger partial charge in [-0.1, -0.05) is 18.2 Å². The number of ether oxygens (including phenoxy) is 1. The summed E-state index contributed by atoms with van der Waals surface area (Å²) in [5.41, 5.74) is 6.41. The van der Waals surface area contributed by atoms with Crippen molar-refractivity contribution in [2.24, 2.45) is 5.73 Å². The number of halogens is 1. The minimum Gasteiger partial charge on any atom is -0.494 e. The summed E-state index contributed by atoms with van der Waals surface area (Å²) in [4.78, 5) is 11.3. The maximum absolute atomic E-state index is 11.3. The number of rotatable bonds is 5. The van der Waals surface area contributed by atoms with E-state index in [0.717, 1.165) is 11.3 Å². The standard InChI is InChI=1S/C12H18N2O2.ClH/c1-3-16-11-7-5-4-6-10(11)8-14-12(15)9(2)13;/h4-7,9H,3,8,13H2,1-2H3,(H,14,15);1H/t9-;/m1./s1. The normalized spacial score (nSPS) is 11.2. The van der Waals surface area contributed by atoms with E-state index >= 15 is 0 Å². The first kappa shape index (κ1) is 15.7. The molecule has 1 atom stereocenters. The van der Waals surface area contributed by atoms with Crippen LogP contribution in [0.25, 0.3) is 0 Å². The summed E-state index contributed by atoms with van der Waals surface area (Å²) in [6.07, 6.45) is 0. The molecule has 0 aromatic heterocycles. The monoisotopic (exact) mass is 258 g/mol. The minimum atomic E-state index is -0.487. The lowest BCUT2D eigenvalue weighted by atomic mass is 10.2. The number of para-hydroxylation sites is 1. The van der Waals surface area contributed by atoms with Crippen molar-refractivity contribution in [3.8, 4) is 5.75 Å². The molecule has 0 saturated carbocycles. The molecule has 3 N–H and O–H groups in total. The van der Waals surface area contributed by atoms with Gasteiger partial charge in [-0.2, -0.15) is 0 Å². The molecule has 96 valence electrons. The van der Waals surface area contributed by atoms with Gasteiger partial charge in [-0.3, -0.25) is 4.79 Å². The fourth-order valence-corrected chi connectivity index (χ4v) is 1.29. The Balaban J connectivity index is 0.00000256. The first-order valence-corrected chi connectivity index (χ1v) is 5.39. The average molecular weight is 259 g/mol. The molecule has 0 bridgehead atoms. The number of hydrogen-bond acceptors (Lipinski definition) is 3. The number of amides is 1. The van der Waals surface area contributed by atoms with Crippen molar-refractivity contribution in [1.29, 1.82) is 0 Å². The molecule has 5 heteroatoms. The summed E-state index contributed by atoms with van der Waals surface area (Å²) in [7, 11) is 0. The highest BCUT2D eigenvalue weighted by molar-refractivity contribution is 5.85. The Morgan fingerprint density at radius 2 is 2.12 bits per heavy atom. The van der Waals surface area contributed by atoms with Crippen LogP contribution in [0.3, 0.4) is 0 Å². The average Bonchev–Trinajstić information content (AvgIpc) is 2.27. The quantitative estimate of drug-likeness (QED) is 0.841. The molecule has 0 heterocycles. The van der Waals surface area contributed by atoms with Gasteiger partial charge in [0.1, 0.15) is 5.75 Å². The Kier molecular flexibility index (Phi) is 7.34. The molecule has 1 aromatic rings. The lowest BCUT2D eigenvalue weighted by Gasteiger charge is -2.11. The maximum Gasteiger partial charge on any atom is 0.236 e. The smallest absolute Gasteiger partial charge is 0.236 e. The lowest BCUT2D eigenvalue weighted by Crippen LogP contribution is -2.37. The van der Waals surface area contributed by atoms with Crippen LogP contribution in [0.1, 0.15) is 19.4 Å². The van der Waals surface area contributed by atoms with E-state index in [1.807, 2.05) is 31.2 Å². The zero-order chi connectivity index (χ0) is 12.0. The predicted molar refractivity (Wildman–Crippen MR) is 70.4 cm³/mol.